The van der Waals surface area contributed by atoms with Crippen molar-refractivity contribution in [1.82, 2.24) is 10.2 Å². The van der Waals surface area contributed by atoms with E-state index >= 15 is 0 Å². The third-order valence-electron chi connectivity index (χ3n) is 4.68. The molecule has 0 aromatic heterocycles. The lowest BCUT2D eigenvalue weighted by Crippen LogP contribution is -2.46. The fraction of sp³-hybridized carbons (Fsp3) is 0.933. The number of hydrogen-bond acceptors (Lipinski definition) is 2. The van der Waals surface area contributed by atoms with Crippen LogP contribution in [0.5, 0.6) is 0 Å². The van der Waals surface area contributed by atoms with Gasteiger partial charge in [-0.15, -0.1) is 0 Å². The highest BCUT2D eigenvalue weighted by atomic mass is 16.2. The predicted octanol–water partition coefficient (Wildman–Crippen LogP) is 2.66. The summed E-state index contributed by atoms with van der Waals surface area (Å²) in [5.41, 5.74) is -0.123. The van der Waals surface area contributed by atoms with Crippen molar-refractivity contribution in [2.45, 2.75) is 53.4 Å². The fourth-order valence-corrected chi connectivity index (χ4v) is 2.93. The van der Waals surface area contributed by atoms with Crippen molar-refractivity contribution in [1.29, 1.82) is 0 Å². The molecule has 0 aromatic rings. The summed E-state index contributed by atoms with van der Waals surface area (Å²) in [6.45, 7) is 12.3. The SMILES string of the molecule is CCC(CC)CN(CC)C(=O)C1(CC)CCNC1. The minimum Gasteiger partial charge on any atom is -0.342 e. The van der Waals surface area contributed by atoms with E-state index < -0.39 is 0 Å². The summed E-state index contributed by atoms with van der Waals surface area (Å²) in [7, 11) is 0. The number of rotatable bonds is 7. The summed E-state index contributed by atoms with van der Waals surface area (Å²) < 4.78 is 0. The van der Waals surface area contributed by atoms with Crippen LogP contribution >= 0.6 is 0 Å². The molecule has 1 saturated heterocycles. The topological polar surface area (TPSA) is 32.3 Å². The fourth-order valence-electron chi connectivity index (χ4n) is 2.93. The molecule has 1 N–H and O–H groups in total. The second-order valence-corrected chi connectivity index (χ2v) is 5.59. The summed E-state index contributed by atoms with van der Waals surface area (Å²) in [5, 5.41) is 3.36. The minimum absolute atomic E-state index is 0.123. The van der Waals surface area contributed by atoms with Crippen LogP contribution in [0.4, 0.5) is 0 Å². The quantitative estimate of drug-likeness (QED) is 0.757. The maximum Gasteiger partial charge on any atom is 0.230 e. The van der Waals surface area contributed by atoms with Crippen molar-refractivity contribution >= 4 is 5.91 Å². The molecule has 0 radical (unpaired) electrons. The minimum atomic E-state index is -0.123. The Kier molecular flexibility index (Phi) is 6.13. The standard InChI is InChI=1S/C15H30N2O/c1-5-13(6-2)11-17(8-4)14(18)15(7-3)9-10-16-12-15/h13,16H,5-12H2,1-4H3. The molecule has 18 heavy (non-hydrogen) atoms. The van der Waals surface area contributed by atoms with Gasteiger partial charge in [-0.1, -0.05) is 33.6 Å². The van der Waals surface area contributed by atoms with Crippen molar-refractivity contribution in [3.05, 3.63) is 0 Å². The lowest BCUT2D eigenvalue weighted by molar-refractivity contribution is -0.141. The van der Waals surface area contributed by atoms with Gasteiger partial charge in [-0.25, -0.2) is 0 Å². The Hall–Kier alpha value is -0.570. The van der Waals surface area contributed by atoms with E-state index in [4.69, 9.17) is 0 Å². The third kappa shape index (κ3) is 3.25. The molecular weight excluding hydrogens is 224 g/mol. The summed E-state index contributed by atoms with van der Waals surface area (Å²) >= 11 is 0. The van der Waals surface area contributed by atoms with Gasteiger partial charge in [0.1, 0.15) is 0 Å². The molecule has 0 aromatic carbocycles. The maximum absolute atomic E-state index is 12.8. The van der Waals surface area contributed by atoms with Crippen molar-refractivity contribution < 1.29 is 4.79 Å². The molecule has 1 rings (SSSR count). The zero-order valence-corrected chi connectivity index (χ0v) is 12.6. The average Bonchev–Trinajstić information content (AvgIpc) is 2.89. The maximum atomic E-state index is 12.8. The van der Waals surface area contributed by atoms with Crippen LogP contribution in [0.3, 0.4) is 0 Å². The van der Waals surface area contributed by atoms with Gasteiger partial charge < -0.3 is 10.2 Å². The average molecular weight is 254 g/mol. The monoisotopic (exact) mass is 254 g/mol. The number of carbonyl (C=O) groups excluding carboxylic acids is 1. The van der Waals surface area contributed by atoms with E-state index in [2.05, 4.69) is 37.9 Å². The molecule has 0 aliphatic carbocycles. The Labute approximate surface area is 112 Å². The van der Waals surface area contributed by atoms with Crippen LogP contribution in [0.1, 0.15) is 53.4 Å². The van der Waals surface area contributed by atoms with Crippen LogP contribution in [0.2, 0.25) is 0 Å². The van der Waals surface area contributed by atoms with Crippen LogP contribution in [-0.2, 0) is 4.79 Å². The van der Waals surface area contributed by atoms with E-state index in [1.54, 1.807) is 0 Å². The van der Waals surface area contributed by atoms with Crippen molar-refractivity contribution in [2.75, 3.05) is 26.2 Å². The lowest BCUT2D eigenvalue weighted by atomic mass is 9.82. The van der Waals surface area contributed by atoms with Gasteiger partial charge in [0.15, 0.2) is 0 Å². The second kappa shape index (κ2) is 7.13. The van der Waals surface area contributed by atoms with Gasteiger partial charge in [-0.3, -0.25) is 4.79 Å². The van der Waals surface area contributed by atoms with Crippen molar-refractivity contribution in [3.8, 4) is 0 Å². The van der Waals surface area contributed by atoms with Gasteiger partial charge in [-0.2, -0.15) is 0 Å². The van der Waals surface area contributed by atoms with Crippen molar-refractivity contribution in [2.24, 2.45) is 11.3 Å². The molecule has 1 unspecified atom stereocenters. The molecule has 0 bridgehead atoms. The summed E-state index contributed by atoms with van der Waals surface area (Å²) in [4.78, 5) is 14.9. The highest BCUT2D eigenvalue weighted by Gasteiger charge is 2.41. The smallest absolute Gasteiger partial charge is 0.230 e. The van der Waals surface area contributed by atoms with Gasteiger partial charge in [0.2, 0.25) is 5.91 Å². The van der Waals surface area contributed by atoms with E-state index in [-0.39, 0.29) is 5.41 Å². The van der Waals surface area contributed by atoms with Crippen LogP contribution < -0.4 is 5.32 Å². The Morgan fingerprint density at radius 3 is 2.33 bits per heavy atom. The molecule has 1 heterocycles. The summed E-state index contributed by atoms with van der Waals surface area (Å²) in [6.07, 6.45) is 4.29. The Balaban J connectivity index is 2.71. The molecule has 1 atom stereocenters. The zero-order chi connectivity index (χ0) is 13.6. The van der Waals surface area contributed by atoms with Gasteiger partial charge in [0.05, 0.1) is 5.41 Å². The van der Waals surface area contributed by atoms with E-state index in [1.807, 2.05) is 0 Å². The number of amides is 1. The molecule has 1 aliphatic rings. The first-order valence-electron chi connectivity index (χ1n) is 7.63. The molecular formula is C15H30N2O. The summed E-state index contributed by atoms with van der Waals surface area (Å²) in [5.74, 6) is 1.03. The van der Waals surface area contributed by atoms with E-state index in [1.165, 1.54) is 0 Å². The Morgan fingerprint density at radius 2 is 1.94 bits per heavy atom. The predicted molar refractivity (Wildman–Crippen MR) is 76.5 cm³/mol. The number of carbonyl (C=O) groups is 1. The van der Waals surface area contributed by atoms with Crippen LogP contribution in [0.25, 0.3) is 0 Å². The zero-order valence-electron chi connectivity index (χ0n) is 12.6. The second-order valence-electron chi connectivity index (χ2n) is 5.59. The summed E-state index contributed by atoms with van der Waals surface area (Å²) in [6, 6.07) is 0. The highest BCUT2D eigenvalue weighted by Crippen LogP contribution is 2.32. The van der Waals surface area contributed by atoms with Gasteiger partial charge in [0.25, 0.3) is 0 Å². The molecule has 0 saturated carbocycles. The molecule has 0 spiro atoms. The Morgan fingerprint density at radius 1 is 1.28 bits per heavy atom. The molecule has 3 heteroatoms. The van der Waals surface area contributed by atoms with Crippen molar-refractivity contribution in [3.63, 3.8) is 0 Å². The number of hydrogen-bond donors (Lipinski definition) is 1. The largest absolute Gasteiger partial charge is 0.342 e. The number of nitrogens with one attached hydrogen (secondary N) is 1. The van der Waals surface area contributed by atoms with Gasteiger partial charge >= 0.3 is 0 Å². The van der Waals surface area contributed by atoms with E-state index in [0.717, 1.165) is 51.9 Å². The molecule has 3 nitrogen and oxygen atoms in total. The molecule has 1 amide bonds. The first kappa shape index (κ1) is 15.5. The molecule has 1 fully saturated rings. The van der Waals surface area contributed by atoms with Crippen LogP contribution in [-0.4, -0.2) is 37.0 Å². The van der Waals surface area contributed by atoms with Gasteiger partial charge in [-0.05, 0) is 32.2 Å². The van der Waals surface area contributed by atoms with E-state index in [0.29, 0.717) is 11.8 Å². The first-order chi connectivity index (χ1) is 8.63. The molecule has 1 aliphatic heterocycles. The van der Waals surface area contributed by atoms with Crippen LogP contribution in [0.15, 0.2) is 0 Å². The van der Waals surface area contributed by atoms with Crippen LogP contribution in [0, 0.1) is 11.3 Å². The third-order valence-corrected chi connectivity index (χ3v) is 4.68. The number of nitrogens with zero attached hydrogens (tertiary/aromatic N) is 1. The normalized spacial score (nSPS) is 23.6. The highest BCUT2D eigenvalue weighted by molar-refractivity contribution is 5.83. The lowest BCUT2D eigenvalue weighted by Gasteiger charge is -2.34. The molecule has 106 valence electrons. The van der Waals surface area contributed by atoms with E-state index in [9.17, 15) is 4.79 Å². The first-order valence-corrected chi connectivity index (χ1v) is 7.63. The van der Waals surface area contributed by atoms with Gasteiger partial charge in [0, 0.05) is 19.6 Å². The Bertz CT molecular complexity index is 255.